The Bertz CT molecular complexity index is 1440. The summed E-state index contributed by atoms with van der Waals surface area (Å²) >= 11 is 0. The third-order valence-corrected chi connectivity index (χ3v) is 9.71. The molecule has 41 heavy (non-hydrogen) atoms. The number of para-hydroxylation sites is 1. The molecule has 0 bridgehead atoms. The van der Waals surface area contributed by atoms with E-state index in [0.717, 1.165) is 42.4 Å². The van der Waals surface area contributed by atoms with E-state index < -0.39 is 28.5 Å². The van der Waals surface area contributed by atoms with Crippen molar-refractivity contribution in [3.8, 4) is 0 Å². The Morgan fingerprint density at radius 2 is 1.46 bits per heavy atom. The van der Waals surface area contributed by atoms with E-state index in [1.807, 2.05) is 57.2 Å². The normalized spacial score (nSPS) is 14.7. The average molecular weight is 576 g/mol. The predicted molar refractivity (Wildman–Crippen MR) is 163 cm³/mol. The first-order chi connectivity index (χ1) is 19.7. The van der Waals surface area contributed by atoms with Gasteiger partial charge in [-0.25, -0.2) is 8.42 Å². The lowest BCUT2D eigenvalue weighted by Gasteiger charge is -2.35. The third-order valence-electron chi connectivity index (χ3n) is 7.93. The van der Waals surface area contributed by atoms with E-state index in [1.54, 1.807) is 35.2 Å². The van der Waals surface area contributed by atoms with Crippen LogP contribution >= 0.6 is 0 Å². The minimum absolute atomic E-state index is 0.0997. The molecule has 0 aliphatic heterocycles. The third kappa shape index (κ3) is 7.36. The van der Waals surface area contributed by atoms with Gasteiger partial charge in [0.25, 0.3) is 10.0 Å². The van der Waals surface area contributed by atoms with Gasteiger partial charge in [-0.15, -0.1) is 0 Å². The SMILES string of the molecule is CC[C@H](C(=O)NC1CCCCC1)N(Cc1ccccc1C)C(=O)CN(c1ccccc1C)S(=O)(=O)c1ccccc1. The molecule has 1 aliphatic carbocycles. The number of nitrogens with one attached hydrogen (secondary N) is 1. The number of carbonyl (C=O) groups excluding carboxylic acids is 2. The van der Waals surface area contributed by atoms with E-state index in [9.17, 15) is 18.0 Å². The zero-order valence-electron chi connectivity index (χ0n) is 24.3. The van der Waals surface area contributed by atoms with E-state index in [1.165, 1.54) is 22.9 Å². The molecular weight excluding hydrogens is 534 g/mol. The van der Waals surface area contributed by atoms with Gasteiger partial charge in [0, 0.05) is 12.6 Å². The van der Waals surface area contributed by atoms with E-state index in [4.69, 9.17) is 0 Å². The second kappa shape index (κ2) is 13.8. The monoisotopic (exact) mass is 575 g/mol. The lowest BCUT2D eigenvalue weighted by molar-refractivity contribution is -0.140. The van der Waals surface area contributed by atoms with Crippen molar-refractivity contribution in [2.24, 2.45) is 0 Å². The van der Waals surface area contributed by atoms with Crippen molar-refractivity contribution in [1.82, 2.24) is 10.2 Å². The van der Waals surface area contributed by atoms with Crippen molar-refractivity contribution in [1.29, 1.82) is 0 Å². The van der Waals surface area contributed by atoms with Crippen LogP contribution in [-0.2, 0) is 26.2 Å². The summed E-state index contributed by atoms with van der Waals surface area (Å²) in [5, 5.41) is 3.19. The summed E-state index contributed by atoms with van der Waals surface area (Å²) in [7, 11) is -4.08. The number of hydrogen-bond acceptors (Lipinski definition) is 4. The maximum atomic E-state index is 14.3. The maximum absolute atomic E-state index is 14.3. The van der Waals surface area contributed by atoms with Gasteiger partial charge in [0.15, 0.2) is 0 Å². The van der Waals surface area contributed by atoms with Crippen LogP contribution in [0.4, 0.5) is 5.69 Å². The van der Waals surface area contributed by atoms with Gasteiger partial charge in [0.2, 0.25) is 11.8 Å². The van der Waals surface area contributed by atoms with Crippen LogP contribution in [0, 0.1) is 13.8 Å². The number of aryl methyl sites for hydroxylation is 2. The van der Waals surface area contributed by atoms with Crippen LogP contribution in [0.1, 0.15) is 62.1 Å². The highest BCUT2D eigenvalue weighted by molar-refractivity contribution is 7.92. The molecule has 4 rings (SSSR count). The van der Waals surface area contributed by atoms with Crippen molar-refractivity contribution in [2.75, 3.05) is 10.8 Å². The number of anilines is 1. The smallest absolute Gasteiger partial charge is 0.264 e. The number of nitrogens with zero attached hydrogens (tertiary/aromatic N) is 2. The highest BCUT2D eigenvalue weighted by atomic mass is 32.2. The van der Waals surface area contributed by atoms with Crippen LogP contribution in [0.2, 0.25) is 0 Å². The number of rotatable bonds is 11. The molecule has 1 fully saturated rings. The highest BCUT2D eigenvalue weighted by Gasteiger charge is 2.35. The second-order valence-corrected chi connectivity index (χ2v) is 12.7. The summed E-state index contributed by atoms with van der Waals surface area (Å²) in [5.74, 6) is -0.614. The van der Waals surface area contributed by atoms with Crippen molar-refractivity contribution in [2.45, 2.75) is 82.8 Å². The topological polar surface area (TPSA) is 86.8 Å². The Kier molecular flexibility index (Phi) is 10.2. The first-order valence-electron chi connectivity index (χ1n) is 14.5. The number of amides is 2. The average Bonchev–Trinajstić information content (AvgIpc) is 2.98. The van der Waals surface area contributed by atoms with Gasteiger partial charge in [0.1, 0.15) is 12.6 Å². The maximum Gasteiger partial charge on any atom is 0.264 e. The van der Waals surface area contributed by atoms with Crippen molar-refractivity contribution in [3.63, 3.8) is 0 Å². The summed E-state index contributed by atoms with van der Waals surface area (Å²) in [6.45, 7) is 5.46. The Morgan fingerprint density at radius 1 is 0.854 bits per heavy atom. The molecule has 2 amide bonds. The van der Waals surface area contributed by atoms with Crippen molar-refractivity contribution < 1.29 is 18.0 Å². The summed E-state index contributed by atoms with van der Waals surface area (Å²) in [5.41, 5.74) is 3.08. The molecule has 0 unspecified atom stereocenters. The quantitative estimate of drug-likeness (QED) is 0.315. The molecule has 0 saturated heterocycles. The largest absolute Gasteiger partial charge is 0.352 e. The molecule has 1 aliphatic rings. The van der Waals surface area contributed by atoms with E-state index in [-0.39, 0.29) is 23.4 Å². The molecule has 1 N–H and O–H groups in total. The van der Waals surface area contributed by atoms with E-state index >= 15 is 0 Å². The molecule has 0 aromatic heterocycles. The molecule has 3 aromatic rings. The van der Waals surface area contributed by atoms with Gasteiger partial charge in [-0.05, 0) is 68.0 Å². The zero-order chi connectivity index (χ0) is 29.4. The Labute approximate surface area is 244 Å². The van der Waals surface area contributed by atoms with Crippen LogP contribution in [0.3, 0.4) is 0 Å². The Balaban J connectivity index is 1.71. The molecular formula is C33H41N3O4S. The molecule has 0 spiro atoms. The Morgan fingerprint density at radius 3 is 2.10 bits per heavy atom. The molecule has 3 aromatic carbocycles. The fourth-order valence-corrected chi connectivity index (χ4v) is 7.01. The summed E-state index contributed by atoms with van der Waals surface area (Å²) in [4.78, 5) is 29.6. The van der Waals surface area contributed by atoms with Gasteiger partial charge >= 0.3 is 0 Å². The molecule has 1 saturated carbocycles. The van der Waals surface area contributed by atoms with E-state index in [0.29, 0.717) is 12.1 Å². The van der Waals surface area contributed by atoms with Crippen molar-refractivity contribution >= 4 is 27.5 Å². The standard InChI is InChI=1S/C33H41N3O4S/c1-4-30(33(38)34-28-18-7-5-8-19-28)35(23-27-17-13-11-15-25(27)2)32(37)24-36(31-22-14-12-16-26(31)3)41(39,40)29-20-9-6-10-21-29/h6,9-17,20-22,28,30H,4-5,7-8,18-19,23-24H2,1-3H3,(H,34,38)/t30-/m1/s1. The number of carbonyl (C=O) groups is 2. The van der Waals surface area contributed by atoms with Gasteiger partial charge < -0.3 is 10.2 Å². The molecule has 0 heterocycles. The zero-order valence-corrected chi connectivity index (χ0v) is 25.1. The number of hydrogen-bond donors (Lipinski definition) is 1. The minimum atomic E-state index is -4.08. The minimum Gasteiger partial charge on any atom is -0.352 e. The lowest BCUT2D eigenvalue weighted by Crippen LogP contribution is -2.54. The molecule has 0 radical (unpaired) electrons. The first kappa shape index (κ1) is 30.3. The molecule has 8 heteroatoms. The molecule has 218 valence electrons. The van der Waals surface area contributed by atoms with E-state index in [2.05, 4.69) is 5.32 Å². The lowest BCUT2D eigenvalue weighted by atomic mass is 9.95. The summed E-state index contributed by atoms with van der Waals surface area (Å²) in [6, 6.07) is 22.4. The summed E-state index contributed by atoms with van der Waals surface area (Å²) < 4.78 is 29.1. The fraction of sp³-hybridized carbons (Fsp3) is 0.394. The van der Waals surface area contributed by atoms with Crippen LogP contribution in [0.25, 0.3) is 0 Å². The van der Waals surface area contributed by atoms with Crippen molar-refractivity contribution in [3.05, 3.63) is 95.6 Å². The Hall–Kier alpha value is -3.65. The second-order valence-electron chi connectivity index (χ2n) is 10.8. The number of sulfonamides is 1. The van der Waals surface area contributed by atoms with Crippen LogP contribution in [0.5, 0.6) is 0 Å². The van der Waals surface area contributed by atoms with Gasteiger partial charge in [-0.2, -0.15) is 0 Å². The first-order valence-corrected chi connectivity index (χ1v) is 15.9. The van der Waals surface area contributed by atoms with Gasteiger partial charge in [0.05, 0.1) is 10.6 Å². The van der Waals surface area contributed by atoms with Crippen LogP contribution in [-0.4, -0.2) is 43.8 Å². The highest BCUT2D eigenvalue weighted by Crippen LogP contribution is 2.28. The summed E-state index contributed by atoms with van der Waals surface area (Å²) in [6.07, 6.45) is 5.61. The van der Waals surface area contributed by atoms with Gasteiger partial charge in [-0.3, -0.25) is 13.9 Å². The molecule has 7 nitrogen and oxygen atoms in total. The predicted octanol–water partition coefficient (Wildman–Crippen LogP) is 5.76. The molecule has 1 atom stereocenters. The van der Waals surface area contributed by atoms with Crippen LogP contribution in [0.15, 0.2) is 83.8 Å². The number of benzene rings is 3. The van der Waals surface area contributed by atoms with Crippen LogP contribution < -0.4 is 9.62 Å². The van der Waals surface area contributed by atoms with Gasteiger partial charge in [-0.1, -0.05) is 86.8 Å². The fourth-order valence-electron chi connectivity index (χ4n) is 5.51.